The molecule has 136 valence electrons. The third kappa shape index (κ3) is 5.02. The van der Waals surface area contributed by atoms with Crippen molar-refractivity contribution >= 4 is 11.8 Å². The van der Waals surface area contributed by atoms with Crippen LogP contribution in [0, 0.1) is 5.82 Å². The Bertz CT molecular complexity index is 744. The van der Waals surface area contributed by atoms with Gasteiger partial charge >= 0.3 is 0 Å². The van der Waals surface area contributed by atoms with E-state index in [1.54, 1.807) is 25.1 Å². The van der Waals surface area contributed by atoms with Gasteiger partial charge in [-0.25, -0.2) is 4.39 Å². The summed E-state index contributed by atoms with van der Waals surface area (Å²) in [6.07, 6.45) is 1.85. The Labute approximate surface area is 153 Å². The summed E-state index contributed by atoms with van der Waals surface area (Å²) in [5.74, 6) is -0.776. The Hall–Kier alpha value is -2.95. The normalized spacial score (nSPS) is 11.5. The lowest BCUT2D eigenvalue weighted by molar-refractivity contribution is -0.141. The van der Waals surface area contributed by atoms with Crippen LogP contribution in [-0.4, -0.2) is 23.3 Å². The molecule has 0 fully saturated rings. The SMILES string of the molecule is C=CCNC(=O)C(c1ccccc1)N(Cc1ccc(F)cc1)C(=O)CC. The number of carbonyl (C=O) groups is 2. The third-order valence-electron chi connectivity index (χ3n) is 3.98. The highest BCUT2D eigenvalue weighted by molar-refractivity contribution is 5.88. The highest BCUT2D eigenvalue weighted by Crippen LogP contribution is 2.24. The lowest BCUT2D eigenvalue weighted by atomic mass is 10.0. The molecule has 0 aromatic heterocycles. The maximum Gasteiger partial charge on any atom is 0.247 e. The molecule has 0 aliphatic heterocycles. The summed E-state index contributed by atoms with van der Waals surface area (Å²) < 4.78 is 13.2. The second-order valence-corrected chi connectivity index (χ2v) is 5.85. The van der Waals surface area contributed by atoms with Crippen LogP contribution in [0.25, 0.3) is 0 Å². The number of hydrogen-bond donors (Lipinski definition) is 1. The van der Waals surface area contributed by atoms with E-state index in [1.807, 2.05) is 30.3 Å². The number of amides is 2. The summed E-state index contributed by atoms with van der Waals surface area (Å²) in [6.45, 7) is 5.89. The van der Waals surface area contributed by atoms with E-state index in [-0.39, 0.29) is 30.6 Å². The van der Waals surface area contributed by atoms with E-state index >= 15 is 0 Å². The molecule has 4 nitrogen and oxygen atoms in total. The lowest BCUT2D eigenvalue weighted by Gasteiger charge is -2.31. The van der Waals surface area contributed by atoms with Crippen molar-refractivity contribution in [3.8, 4) is 0 Å². The highest BCUT2D eigenvalue weighted by atomic mass is 19.1. The van der Waals surface area contributed by atoms with E-state index in [0.717, 1.165) is 11.1 Å². The predicted octanol–water partition coefficient (Wildman–Crippen LogP) is 3.61. The summed E-state index contributed by atoms with van der Waals surface area (Å²) in [6, 6.07) is 14.3. The maximum absolute atomic E-state index is 13.2. The number of rotatable bonds is 8. The Balaban J connectivity index is 2.39. The molecule has 0 spiro atoms. The van der Waals surface area contributed by atoms with Gasteiger partial charge in [0.1, 0.15) is 11.9 Å². The molecular weight excluding hydrogens is 331 g/mol. The van der Waals surface area contributed by atoms with E-state index in [4.69, 9.17) is 0 Å². The van der Waals surface area contributed by atoms with Gasteiger partial charge in [-0.05, 0) is 23.3 Å². The molecule has 26 heavy (non-hydrogen) atoms. The number of nitrogens with one attached hydrogen (secondary N) is 1. The fourth-order valence-electron chi connectivity index (χ4n) is 2.69. The van der Waals surface area contributed by atoms with Crippen molar-refractivity contribution in [3.63, 3.8) is 0 Å². The van der Waals surface area contributed by atoms with Crippen LogP contribution in [0.5, 0.6) is 0 Å². The van der Waals surface area contributed by atoms with Gasteiger partial charge in [-0.2, -0.15) is 0 Å². The molecule has 0 saturated carbocycles. The minimum atomic E-state index is -0.770. The van der Waals surface area contributed by atoms with E-state index < -0.39 is 6.04 Å². The third-order valence-corrected chi connectivity index (χ3v) is 3.98. The average molecular weight is 354 g/mol. The molecule has 0 aliphatic carbocycles. The van der Waals surface area contributed by atoms with Crippen molar-refractivity contribution in [3.05, 3.63) is 84.2 Å². The highest BCUT2D eigenvalue weighted by Gasteiger charge is 2.30. The van der Waals surface area contributed by atoms with Crippen LogP contribution in [0.1, 0.15) is 30.5 Å². The van der Waals surface area contributed by atoms with E-state index in [0.29, 0.717) is 6.54 Å². The zero-order valence-electron chi connectivity index (χ0n) is 14.8. The number of benzene rings is 2. The molecule has 5 heteroatoms. The summed E-state index contributed by atoms with van der Waals surface area (Å²) in [4.78, 5) is 27.0. The first-order valence-corrected chi connectivity index (χ1v) is 8.54. The van der Waals surface area contributed by atoms with Crippen molar-refractivity contribution < 1.29 is 14.0 Å². The van der Waals surface area contributed by atoms with E-state index in [9.17, 15) is 14.0 Å². The van der Waals surface area contributed by atoms with Gasteiger partial charge in [0, 0.05) is 19.5 Å². The molecule has 0 bridgehead atoms. The zero-order chi connectivity index (χ0) is 18.9. The van der Waals surface area contributed by atoms with Gasteiger partial charge in [0.05, 0.1) is 0 Å². The number of hydrogen-bond acceptors (Lipinski definition) is 2. The van der Waals surface area contributed by atoms with Crippen LogP contribution >= 0.6 is 0 Å². The van der Waals surface area contributed by atoms with Crippen LogP contribution in [-0.2, 0) is 16.1 Å². The molecule has 1 N–H and O–H groups in total. The monoisotopic (exact) mass is 354 g/mol. The molecule has 0 radical (unpaired) electrons. The lowest BCUT2D eigenvalue weighted by Crippen LogP contribution is -2.43. The summed E-state index contributed by atoms with van der Waals surface area (Å²) in [7, 11) is 0. The van der Waals surface area contributed by atoms with Crippen molar-refractivity contribution in [1.82, 2.24) is 10.2 Å². The van der Waals surface area contributed by atoms with Crippen molar-refractivity contribution in [2.24, 2.45) is 0 Å². The van der Waals surface area contributed by atoms with Crippen molar-refractivity contribution in [1.29, 1.82) is 0 Å². The molecule has 2 amide bonds. The fourth-order valence-corrected chi connectivity index (χ4v) is 2.69. The van der Waals surface area contributed by atoms with Gasteiger partial charge in [-0.1, -0.05) is 55.5 Å². The van der Waals surface area contributed by atoms with E-state index in [1.165, 1.54) is 17.0 Å². The van der Waals surface area contributed by atoms with Crippen molar-refractivity contribution in [2.45, 2.75) is 25.9 Å². The number of carbonyl (C=O) groups excluding carboxylic acids is 2. The van der Waals surface area contributed by atoms with Gasteiger partial charge in [-0.3, -0.25) is 9.59 Å². The average Bonchev–Trinajstić information content (AvgIpc) is 2.67. The van der Waals surface area contributed by atoms with E-state index in [2.05, 4.69) is 11.9 Å². The molecule has 2 aromatic carbocycles. The van der Waals surface area contributed by atoms with Crippen molar-refractivity contribution in [2.75, 3.05) is 6.54 Å². The minimum absolute atomic E-state index is 0.156. The quantitative estimate of drug-likeness (QED) is 0.736. The Morgan fingerprint density at radius 3 is 2.38 bits per heavy atom. The largest absolute Gasteiger partial charge is 0.351 e. The molecule has 0 aliphatic rings. The number of nitrogens with zero attached hydrogens (tertiary/aromatic N) is 1. The number of halogens is 1. The topological polar surface area (TPSA) is 49.4 Å². The molecule has 1 atom stereocenters. The molecule has 0 saturated heterocycles. The van der Waals surface area contributed by atoms with Gasteiger partial charge in [0.2, 0.25) is 11.8 Å². The second kappa shape index (κ2) is 9.51. The molecular formula is C21H23FN2O2. The van der Waals surface area contributed by atoms with Gasteiger partial charge < -0.3 is 10.2 Å². The van der Waals surface area contributed by atoms with Crippen LogP contribution < -0.4 is 5.32 Å². The molecule has 2 rings (SSSR count). The summed E-state index contributed by atoms with van der Waals surface area (Å²) >= 11 is 0. The standard InChI is InChI=1S/C21H23FN2O2/c1-3-14-23-21(26)20(17-8-6-5-7-9-17)24(19(25)4-2)15-16-10-12-18(22)13-11-16/h3,5-13,20H,1,4,14-15H2,2H3,(H,23,26). The summed E-state index contributed by atoms with van der Waals surface area (Å²) in [5.41, 5.74) is 1.48. The predicted molar refractivity (Wildman–Crippen MR) is 99.6 cm³/mol. The minimum Gasteiger partial charge on any atom is -0.351 e. The Morgan fingerprint density at radius 2 is 1.81 bits per heavy atom. The molecule has 2 aromatic rings. The first-order valence-electron chi connectivity index (χ1n) is 8.54. The van der Waals surface area contributed by atoms with Gasteiger partial charge in [0.25, 0.3) is 0 Å². The van der Waals surface area contributed by atoms with Gasteiger partial charge in [-0.15, -0.1) is 6.58 Å². The first-order chi connectivity index (χ1) is 12.6. The Morgan fingerprint density at radius 1 is 1.15 bits per heavy atom. The van der Waals surface area contributed by atoms with Crippen LogP contribution in [0.15, 0.2) is 67.3 Å². The maximum atomic E-state index is 13.2. The Kier molecular flexibility index (Phi) is 7.09. The van der Waals surface area contributed by atoms with Crippen LogP contribution in [0.4, 0.5) is 4.39 Å². The summed E-state index contributed by atoms with van der Waals surface area (Å²) in [5, 5.41) is 2.77. The zero-order valence-corrected chi connectivity index (χ0v) is 14.8. The first kappa shape index (κ1) is 19.4. The van der Waals surface area contributed by atoms with Crippen LogP contribution in [0.3, 0.4) is 0 Å². The molecule has 1 unspecified atom stereocenters. The molecule has 0 heterocycles. The smallest absolute Gasteiger partial charge is 0.247 e. The van der Waals surface area contributed by atoms with Crippen LogP contribution in [0.2, 0.25) is 0 Å². The fraction of sp³-hybridized carbons (Fsp3) is 0.238. The van der Waals surface area contributed by atoms with Gasteiger partial charge in [0.15, 0.2) is 0 Å². The second-order valence-electron chi connectivity index (χ2n) is 5.85.